The summed E-state index contributed by atoms with van der Waals surface area (Å²) in [6, 6.07) is 6.02. The standard InChI is InChI=1S/C19H21F4N3O/c1-11-4-5-12(8-16(11)27-3)6-7-25-19(24-2)26-10-13-17(22)14(20)9-15(21)18(13)23/h4-5,8-9H,6-7,10H2,1-3H3,(H2,24,25,26). The largest absolute Gasteiger partial charge is 0.496 e. The molecule has 0 bridgehead atoms. The van der Waals surface area contributed by atoms with Crippen LogP contribution in [0.3, 0.4) is 0 Å². The van der Waals surface area contributed by atoms with Crippen LogP contribution in [-0.4, -0.2) is 26.7 Å². The Labute approximate surface area is 155 Å². The maximum Gasteiger partial charge on any atom is 0.191 e. The molecule has 0 heterocycles. The van der Waals surface area contributed by atoms with Gasteiger partial charge in [-0.2, -0.15) is 0 Å². The summed E-state index contributed by atoms with van der Waals surface area (Å²) in [4.78, 5) is 3.92. The van der Waals surface area contributed by atoms with Crippen molar-refractivity contribution in [3.63, 3.8) is 0 Å². The fourth-order valence-electron chi connectivity index (χ4n) is 2.52. The Morgan fingerprint density at radius 3 is 2.30 bits per heavy atom. The molecule has 0 amide bonds. The molecular formula is C19H21F4N3O. The van der Waals surface area contributed by atoms with E-state index in [1.54, 1.807) is 7.11 Å². The van der Waals surface area contributed by atoms with E-state index in [9.17, 15) is 17.6 Å². The first kappa shape index (κ1) is 20.5. The summed E-state index contributed by atoms with van der Waals surface area (Å²) in [6.07, 6.45) is 0.647. The Morgan fingerprint density at radius 1 is 1.04 bits per heavy atom. The van der Waals surface area contributed by atoms with Crippen LogP contribution in [0, 0.1) is 30.2 Å². The number of ether oxygens (including phenoxy) is 1. The second-order valence-corrected chi connectivity index (χ2v) is 5.85. The Morgan fingerprint density at radius 2 is 1.70 bits per heavy atom. The molecule has 2 rings (SSSR count). The summed E-state index contributed by atoms with van der Waals surface area (Å²) in [6.45, 7) is 1.97. The molecule has 2 aromatic carbocycles. The van der Waals surface area contributed by atoms with Gasteiger partial charge < -0.3 is 15.4 Å². The topological polar surface area (TPSA) is 45.7 Å². The number of methoxy groups -OCH3 is 1. The maximum absolute atomic E-state index is 13.7. The number of guanidine groups is 1. The van der Waals surface area contributed by atoms with Gasteiger partial charge in [-0.1, -0.05) is 12.1 Å². The molecule has 0 spiro atoms. The molecular weight excluding hydrogens is 362 g/mol. The van der Waals surface area contributed by atoms with E-state index in [4.69, 9.17) is 4.74 Å². The van der Waals surface area contributed by atoms with E-state index in [2.05, 4.69) is 15.6 Å². The summed E-state index contributed by atoms with van der Waals surface area (Å²) in [5.74, 6) is -4.71. The molecule has 0 saturated carbocycles. The highest BCUT2D eigenvalue weighted by atomic mass is 19.2. The van der Waals surface area contributed by atoms with Crippen LogP contribution in [0.15, 0.2) is 29.3 Å². The molecule has 0 unspecified atom stereocenters. The van der Waals surface area contributed by atoms with E-state index in [1.165, 1.54) is 7.05 Å². The van der Waals surface area contributed by atoms with Crippen molar-refractivity contribution < 1.29 is 22.3 Å². The van der Waals surface area contributed by atoms with Crippen molar-refractivity contribution in [2.45, 2.75) is 19.9 Å². The van der Waals surface area contributed by atoms with Crippen LogP contribution >= 0.6 is 0 Å². The predicted molar refractivity (Wildman–Crippen MR) is 95.9 cm³/mol. The molecule has 146 valence electrons. The third-order valence-electron chi connectivity index (χ3n) is 4.04. The zero-order valence-electron chi connectivity index (χ0n) is 15.3. The Balaban J connectivity index is 1.94. The second-order valence-electron chi connectivity index (χ2n) is 5.85. The van der Waals surface area contributed by atoms with Gasteiger partial charge in [0.05, 0.1) is 7.11 Å². The molecule has 2 N–H and O–H groups in total. The fourth-order valence-corrected chi connectivity index (χ4v) is 2.52. The molecule has 0 fully saturated rings. The van der Waals surface area contributed by atoms with Crippen LogP contribution in [0.5, 0.6) is 5.75 Å². The molecule has 27 heavy (non-hydrogen) atoms. The maximum atomic E-state index is 13.7. The smallest absolute Gasteiger partial charge is 0.191 e. The van der Waals surface area contributed by atoms with Crippen molar-refractivity contribution in [3.8, 4) is 5.75 Å². The van der Waals surface area contributed by atoms with Gasteiger partial charge in [0.25, 0.3) is 0 Å². The summed E-state index contributed by atoms with van der Waals surface area (Å²) in [7, 11) is 3.08. The molecule has 0 aromatic heterocycles. The van der Waals surface area contributed by atoms with Gasteiger partial charge in [0.2, 0.25) is 0 Å². The number of nitrogens with zero attached hydrogens (tertiary/aromatic N) is 1. The summed E-state index contributed by atoms with van der Waals surface area (Å²) < 4.78 is 59.1. The fraction of sp³-hybridized carbons (Fsp3) is 0.316. The van der Waals surface area contributed by atoms with E-state index in [1.807, 2.05) is 25.1 Å². The Hall–Kier alpha value is -2.77. The van der Waals surface area contributed by atoms with Crippen molar-refractivity contribution in [2.75, 3.05) is 20.7 Å². The summed E-state index contributed by atoms with van der Waals surface area (Å²) in [5, 5.41) is 5.61. The van der Waals surface area contributed by atoms with Gasteiger partial charge in [0.15, 0.2) is 29.2 Å². The minimum absolute atomic E-state index is 0.178. The average Bonchev–Trinajstić information content (AvgIpc) is 2.66. The van der Waals surface area contributed by atoms with Crippen LogP contribution in [-0.2, 0) is 13.0 Å². The summed E-state index contributed by atoms with van der Waals surface area (Å²) in [5.41, 5.74) is 1.33. The van der Waals surface area contributed by atoms with Crippen molar-refractivity contribution in [1.29, 1.82) is 0 Å². The van der Waals surface area contributed by atoms with Gasteiger partial charge in [-0.05, 0) is 30.5 Å². The lowest BCUT2D eigenvalue weighted by atomic mass is 10.1. The lowest BCUT2D eigenvalue weighted by molar-refractivity contribution is 0.411. The molecule has 0 saturated heterocycles. The van der Waals surface area contributed by atoms with Crippen molar-refractivity contribution >= 4 is 5.96 Å². The van der Waals surface area contributed by atoms with Gasteiger partial charge in [0, 0.05) is 31.8 Å². The Bertz CT molecular complexity index is 814. The monoisotopic (exact) mass is 383 g/mol. The number of rotatable bonds is 6. The molecule has 0 atom stereocenters. The number of benzene rings is 2. The highest BCUT2D eigenvalue weighted by molar-refractivity contribution is 5.79. The number of hydrogen-bond donors (Lipinski definition) is 2. The van der Waals surface area contributed by atoms with Crippen molar-refractivity contribution in [1.82, 2.24) is 10.6 Å². The van der Waals surface area contributed by atoms with E-state index >= 15 is 0 Å². The lowest BCUT2D eigenvalue weighted by Gasteiger charge is -2.14. The minimum Gasteiger partial charge on any atom is -0.496 e. The molecule has 0 aliphatic carbocycles. The van der Waals surface area contributed by atoms with E-state index in [0.29, 0.717) is 13.0 Å². The second kappa shape index (κ2) is 9.25. The van der Waals surface area contributed by atoms with E-state index in [0.717, 1.165) is 16.9 Å². The van der Waals surface area contributed by atoms with Gasteiger partial charge in [-0.3, -0.25) is 4.99 Å². The number of aliphatic imine (C=N–C) groups is 1. The third-order valence-corrected chi connectivity index (χ3v) is 4.04. The van der Waals surface area contributed by atoms with Crippen molar-refractivity contribution in [2.24, 2.45) is 4.99 Å². The van der Waals surface area contributed by atoms with E-state index < -0.39 is 35.4 Å². The van der Waals surface area contributed by atoms with Crippen LogP contribution in [0.25, 0.3) is 0 Å². The number of halogens is 4. The predicted octanol–water partition coefficient (Wildman–Crippen LogP) is 3.47. The highest BCUT2D eigenvalue weighted by Crippen LogP contribution is 2.20. The number of aryl methyl sites for hydroxylation is 1. The lowest BCUT2D eigenvalue weighted by Crippen LogP contribution is -2.38. The Kier molecular flexibility index (Phi) is 7.04. The average molecular weight is 383 g/mol. The SMILES string of the molecule is CN=C(NCCc1ccc(C)c(OC)c1)NCc1c(F)c(F)cc(F)c1F. The van der Waals surface area contributed by atoms with Crippen LogP contribution in [0.1, 0.15) is 16.7 Å². The van der Waals surface area contributed by atoms with Crippen molar-refractivity contribution in [3.05, 3.63) is 64.2 Å². The minimum atomic E-state index is -1.44. The normalized spacial score (nSPS) is 11.4. The molecule has 4 nitrogen and oxygen atoms in total. The van der Waals surface area contributed by atoms with E-state index in [-0.39, 0.29) is 12.0 Å². The molecule has 0 radical (unpaired) electrons. The summed E-state index contributed by atoms with van der Waals surface area (Å²) >= 11 is 0. The number of hydrogen-bond acceptors (Lipinski definition) is 2. The van der Waals surface area contributed by atoms with Crippen LogP contribution in [0.4, 0.5) is 17.6 Å². The molecule has 2 aromatic rings. The first-order valence-electron chi connectivity index (χ1n) is 8.27. The van der Waals surface area contributed by atoms with Gasteiger partial charge in [-0.25, -0.2) is 17.6 Å². The van der Waals surface area contributed by atoms with Gasteiger partial charge >= 0.3 is 0 Å². The zero-order valence-corrected chi connectivity index (χ0v) is 15.3. The first-order valence-corrected chi connectivity index (χ1v) is 8.27. The zero-order chi connectivity index (χ0) is 20.0. The third kappa shape index (κ3) is 5.12. The van der Waals surface area contributed by atoms with Gasteiger partial charge in [-0.15, -0.1) is 0 Å². The van der Waals surface area contributed by atoms with Crippen LogP contribution in [0.2, 0.25) is 0 Å². The molecule has 8 heteroatoms. The van der Waals surface area contributed by atoms with Crippen LogP contribution < -0.4 is 15.4 Å². The quantitative estimate of drug-likeness (QED) is 0.348. The number of nitrogens with one attached hydrogen (secondary N) is 2. The molecule has 0 aliphatic rings. The van der Waals surface area contributed by atoms with Gasteiger partial charge in [0.1, 0.15) is 5.75 Å². The highest BCUT2D eigenvalue weighted by Gasteiger charge is 2.19. The molecule has 0 aliphatic heterocycles. The first-order chi connectivity index (χ1) is 12.9.